The maximum absolute atomic E-state index is 5.50. The molecule has 3 N–H and O–H groups in total. The molecule has 74 valence electrons. The van der Waals surface area contributed by atoms with E-state index in [-0.39, 0.29) is 0 Å². The Balaban J connectivity index is 2.02. The summed E-state index contributed by atoms with van der Waals surface area (Å²) < 4.78 is 0. The molecular weight excluding hydrogens is 174 g/mol. The molecule has 0 unspecified atom stereocenters. The van der Waals surface area contributed by atoms with Gasteiger partial charge in [-0.3, -0.25) is 4.99 Å². The normalized spacial score (nSPS) is 20.4. The number of aliphatic imine (C=N–C) groups is 1. The molecule has 3 nitrogen and oxygen atoms in total. The largest absolute Gasteiger partial charge is 0.365 e. The molecule has 0 spiro atoms. The first-order valence-electron chi connectivity index (χ1n) is 4.96. The lowest BCUT2D eigenvalue weighted by Crippen LogP contribution is -2.32. The second kappa shape index (κ2) is 4.24. The Hall–Kier alpha value is -1.35. The van der Waals surface area contributed by atoms with Crippen LogP contribution in [0.25, 0.3) is 0 Å². The molecule has 2 rings (SSSR count). The molecule has 1 atom stereocenters. The average Bonchev–Trinajstić information content (AvgIpc) is 2.68. The predicted octanol–water partition coefficient (Wildman–Crippen LogP) is 0.754. The molecule has 0 saturated carbocycles. The zero-order chi connectivity index (χ0) is 9.80. The van der Waals surface area contributed by atoms with Gasteiger partial charge in [-0.15, -0.1) is 0 Å². The van der Waals surface area contributed by atoms with Gasteiger partial charge in [0.05, 0.1) is 6.54 Å². The van der Waals surface area contributed by atoms with Crippen LogP contribution in [0, 0.1) is 0 Å². The number of nitrogens with two attached hydrogens (primary N) is 1. The molecule has 14 heavy (non-hydrogen) atoms. The van der Waals surface area contributed by atoms with Crippen LogP contribution in [0.5, 0.6) is 0 Å². The maximum Gasteiger partial charge on any atom is 0.128 e. The third kappa shape index (κ3) is 1.93. The van der Waals surface area contributed by atoms with Gasteiger partial charge in [0.25, 0.3) is 0 Å². The SMILES string of the molecule is NCC[C@H]1CN=C(c2ccccc2)N1. The monoisotopic (exact) mass is 189 g/mol. The quantitative estimate of drug-likeness (QED) is 0.737. The lowest BCUT2D eigenvalue weighted by Gasteiger charge is -2.09. The van der Waals surface area contributed by atoms with Crippen molar-refractivity contribution in [1.29, 1.82) is 0 Å². The summed E-state index contributed by atoms with van der Waals surface area (Å²) in [5.74, 6) is 1.00. The van der Waals surface area contributed by atoms with E-state index < -0.39 is 0 Å². The number of nitrogens with zero attached hydrogens (tertiary/aromatic N) is 1. The lowest BCUT2D eigenvalue weighted by molar-refractivity contribution is 0.610. The van der Waals surface area contributed by atoms with E-state index in [4.69, 9.17) is 5.73 Å². The molecule has 3 heteroatoms. The summed E-state index contributed by atoms with van der Waals surface area (Å²) in [7, 11) is 0. The van der Waals surface area contributed by atoms with E-state index in [0.29, 0.717) is 6.04 Å². The van der Waals surface area contributed by atoms with Gasteiger partial charge in [-0.05, 0) is 13.0 Å². The van der Waals surface area contributed by atoms with Crippen molar-refractivity contribution < 1.29 is 0 Å². The minimum absolute atomic E-state index is 0.426. The van der Waals surface area contributed by atoms with Crippen molar-refractivity contribution in [3.8, 4) is 0 Å². The van der Waals surface area contributed by atoms with Gasteiger partial charge in [0.1, 0.15) is 5.84 Å². The number of rotatable bonds is 3. The topological polar surface area (TPSA) is 50.4 Å². The second-order valence-corrected chi connectivity index (χ2v) is 3.47. The predicted molar refractivity (Wildman–Crippen MR) is 58.4 cm³/mol. The minimum atomic E-state index is 0.426. The van der Waals surface area contributed by atoms with Crippen LogP contribution >= 0.6 is 0 Å². The molecule has 0 aromatic heterocycles. The summed E-state index contributed by atoms with van der Waals surface area (Å²) in [6, 6.07) is 10.6. The number of hydrogen-bond donors (Lipinski definition) is 2. The van der Waals surface area contributed by atoms with Gasteiger partial charge in [0.2, 0.25) is 0 Å². The van der Waals surface area contributed by atoms with Crippen LogP contribution in [0.1, 0.15) is 12.0 Å². The Morgan fingerprint density at radius 2 is 2.14 bits per heavy atom. The van der Waals surface area contributed by atoms with Crippen molar-refractivity contribution in [3.63, 3.8) is 0 Å². The fourth-order valence-electron chi connectivity index (χ4n) is 1.62. The van der Waals surface area contributed by atoms with Crippen LogP contribution in [-0.4, -0.2) is 25.0 Å². The van der Waals surface area contributed by atoms with Gasteiger partial charge in [0, 0.05) is 11.6 Å². The van der Waals surface area contributed by atoms with Crippen LogP contribution in [0.15, 0.2) is 35.3 Å². The zero-order valence-electron chi connectivity index (χ0n) is 8.11. The Kier molecular flexibility index (Phi) is 2.79. The van der Waals surface area contributed by atoms with E-state index in [0.717, 1.165) is 30.9 Å². The number of benzene rings is 1. The Bertz CT molecular complexity index is 319. The standard InChI is InChI=1S/C11H15N3/c12-7-6-10-8-13-11(14-10)9-4-2-1-3-5-9/h1-5,10H,6-8,12H2,(H,13,14)/t10-/m0/s1. The molecule has 0 aliphatic carbocycles. The molecule has 1 heterocycles. The second-order valence-electron chi connectivity index (χ2n) is 3.47. The first-order valence-corrected chi connectivity index (χ1v) is 4.96. The van der Waals surface area contributed by atoms with Gasteiger partial charge in [-0.2, -0.15) is 0 Å². The molecule has 0 fully saturated rings. The first kappa shape index (κ1) is 9.21. The highest BCUT2D eigenvalue weighted by molar-refractivity contribution is 5.99. The molecule has 0 bridgehead atoms. The van der Waals surface area contributed by atoms with Gasteiger partial charge < -0.3 is 11.1 Å². The Labute approximate surface area is 84.0 Å². The summed E-state index contributed by atoms with van der Waals surface area (Å²) in [6.45, 7) is 1.57. The van der Waals surface area contributed by atoms with Crippen LogP contribution in [0.2, 0.25) is 0 Å². The van der Waals surface area contributed by atoms with Gasteiger partial charge >= 0.3 is 0 Å². The van der Waals surface area contributed by atoms with Crippen LogP contribution in [0.3, 0.4) is 0 Å². The average molecular weight is 189 g/mol. The number of amidine groups is 1. The van der Waals surface area contributed by atoms with E-state index in [1.165, 1.54) is 0 Å². The first-order chi connectivity index (χ1) is 6.90. The Morgan fingerprint density at radius 3 is 2.86 bits per heavy atom. The molecule has 1 aliphatic heterocycles. The van der Waals surface area contributed by atoms with Gasteiger partial charge in [0.15, 0.2) is 0 Å². The summed E-state index contributed by atoms with van der Waals surface area (Å²) in [6.07, 6.45) is 0.986. The van der Waals surface area contributed by atoms with Crippen molar-refractivity contribution in [2.75, 3.05) is 13.1 Å². The molecule has 0 amide bonds. The molecule has 0 radical (unpaired) electrons. The third-order valence-corrected chi connectivity index (χ3v) is 2.37. The van der Waals surface area contributed by atoms with Crippen molar-refractivity contribution in [1.82, 2.24) is 5.32 Å². The molecule has 1 aromatic rings. The van der Waals surface area contributed by atoms with Crippen LogP contribution in [-0.2, 0) is 0 Å². The van der Waals surface area contributed by atoms with E-state index in [9.17, 15) is 0 Å². The fourth-order valence-corrected chi connectivity index (χ4v) is 1.62. The summed E-state index contributed by atoms with van der Waals surface area (Å²) in [5.41, 5.74) is 6.66. The van der Waals surface area contributed by atoms with E-state index in [1.807, 2.05) is 18.2 Å². The van der Waals surface area contributed by atoms with Gasteiger partial charge in [-0.1, -0.05) is 30.3 Å². The zero-order valence-corrected chi connectivity index (χ0v) is 8.11. The smallest absolute Gasteiger partial charge is 0.128 e. The summed E-state index contributed by atoms with van der Waals surface area (Å²) in [4.78, 5) is 4.46. The van der Waals surface area contributed by atoms with Crippen molar-refractivity contribution >= 4 is 5.84 Å². The highest BCUT2D eigenvalue weighted by Crippen LogP contribution is 2.07. The highest BCUT2D eigenvalue weighted by atomic mass is 15.1. The fraction of sp³-hybridized carbons (Fsp3) is 0.364. The minimum Gasteiger partial charge on any atom is -0.365 e. The number of nitrogens with one attached hydrogen (secondary N) is 1. The summed E-state index contributed by atoms with van der Waals surface area (Å²) >= 11 is 0. The lowest BCUT2D eigenvalue weighted by atomic mass is 10.2. The molecule has 1 aliphatic rings. The van der Waals surface area contributed by atoms with E-state index >= 15 is 0 Å². The number of hydrogen-bond acceptors (Lipinski definition) is 3. The van der Waals surface area contributed by atoms with Crippen molar-refractivity contribution in [2.45, 2.75) is 12.5 Å². The maximum atomic E-state index is 5.50. The highest BCUT2D eigenvalue weighted by Gasteiger charge is 2.16. The summed E-state index contributed by atoms with van der Waals surface area (Å²) in [5, 5.41) is 3.38. The van der Waals surface area contributed by atoms with Gasteiger partial charge in [-0.25, -0.2) is 0 Å². The third-order valence-electron chi connectivity index (χ3n) is 2.37. The van der Waals surface area contributed by atoms with Crippen molar-refractivity contribution in [2.24, 2.45) is 10.7 Å². The Morgan fingerprint density at radius 1 is 1.36 bits per heavy atom. The van der Waals surface area contributed by atoms with E-state index in [2.05, 4.69) is 22.4 Å². The molecule has 0 saturated heterocycles. The van der Waals surface area contributed by atoms with Crippen LogP contribution < -0.4 is 11.1 Å². The van der Waals surface area contributed by atoms with Crippen LogP contribution in [0.4, 0.5) is 0 Å². The van der Waals surface area contributed by atoms with E-state index in [1.54, 1.807) is 0 Å². The van der Waals surface area contributed by atoms with Crippen molar-refractivity contribution in [3.05, 3.63) is 35.9 Å². The molecular formula is C11H15N3. The molecule has 1 aromatic carbocycles.